The van der Waals surface area contributed by atoms with E-state index in [2.05, 4.69) is 5.32 Å². The van der Waals surface area contributed by atoms with Gasteiger partial charge in [-0.05, 0) is 34.1 Å². The molecule has 2 unspecified atom stereocenters. The van der Waals surface area contributed by atoms with E-state index in [0.29, 0.717) is 6.42 Å². The number of rotatable bonds is 4. The molecule has 0 rings (SSSR count). The molecule has 0 saturated heterocycles. The van der Waals surface area contributed by atoms with Gasteiger partial charge in [-0.1, -0.05) is 6.92 Å². The SMILES string of the molecule is CCC(C)(N)C(=O)NC(C)(C)C(C)O. The normalized spacial score (nSPS) is 18.5. The Labute approximate surface area is 85.9 Å². The molecule has 0 heterocycles. The van der Waals surface area contributed by atoms with Crippen LogP contribution in [0.15, 0.2) is 0 Å². The van der Waals surface area contributed by atoms with Gasteiger partial charge >= 0.3 is 0 Å². The highest BCUT2D eigenvalue weighted by atomic mass is 16.3. The Kier molecular flexibility index (Phi) is 4.09. The molecule has 14 heavy (non-hydrogen) atoms. The summed E-state index contributed by atoms with van der Waals surface area (Å²) in [4.78, 5) is 11.7. The third-order valence-corrected chi connectivity index (χ3v) is 2.73. The standard InChI is InChI=1S/C10H22N2O2/c1-6-10(5,11)8(14)12-9(3,4)7(2)13/h7,13H,6,11H2,1-5H3,(H,12,14). The molecule has 0 aliphatic rings. The molecule has 0 saturated carbocycles. The zero-order chi connectivity index (χ0) is 11.6. The zero-order valence-corrected chi connectivity index (χ0v) is 9.72. The molecule has 1 amide bonds. The first-order chi connectivity index (χ1) is 6.13. The number of nitrogens with two attached hydrogens (primary N) is 1. The lowest BCUT2D eigenvalue weighted by atomic mass is 9.94. The van der Waals surface area contributed by atoms with Gasteiger partial charge in [-0.15, -0.1) is 0 Å². The highest BCUT2D eigenvalue weighted by Crippen LogP contribution is 2.12. The summed E-state index contributed by atoms with van der Waals surface area (Å²) in [6.07, 6.45) is -0.0477. The summed E-state index contributed by atoms with van der Waals surface area (Å²) in [5.41, 5.74) is 4.26. The lowest BCUT2D eigenvalue weighted by Crippen LogP contribution is -2.60. The highest BCUT2D eigenvalue weighted by molar-refractivity contribution is 5.86. The van der Waals surface area contributed by atoms with Crippen molar-refractivity contribution in [3.05, 3.63) is 0 Å². The van der Waals surface area contributed by atoms with Crippen LogP contribution in [0.5, 0.6) is 0 Å². The maximum atomic E-state index is 11.7. The van der Waals surface area contributed by atoms with Gasteiger partial charge in [0.25, 0.3) is 0 Å². The number of carbonyl (C=O) groups is 1. The van der Waals surface area contributed by atoms with Crippen LogP contribution in [0.1, 0.15) is 41.0 Å². The van der Waals surface area contributed by atoms with E-state index in [4.69, 9.17) is 5.73 Å². The van der Waals surface area contributed by atoms with Crippen LogP contribution in [0.4, 0.5) is 0 Å². The first-order valence-corrected chi connectivity index (χ1v) is 4.93. The number of aliphatic hydroxyl groups is 1. The molecule has 0 aliphatic carbocycles. The first-order valence-electron chi connectivity index (χ1n) is 4.93. The summed E-state index contributed by atoms with van der Waals surface area (Å²) >= 11 is 0. The molecule has 0 aromatic rings. The number of nitrogens with one attached hydrogen (secondary N) is 1. The minimum absolute atomic E-state index is 0.231. The van der Waals surface area contributed by atoms with Crippen LogP contribution in [0.25, 0.3) is 0 Å². The molecule has 0 radical (unpaired) electrons. The quantitative estimate of drug-likeness (QED) is 0.617. The highest BCUT2D eigenvalue weighted by Gasteiger charge is 2.33. The summed E-state index contributed by atoms with van der Waals surface area (Å²) in [5.74, 6) is -0.231. The summed E-state index contributed by atoms with van der Waals surface area (Å²) in [6, 6.07) is 0. The third-order valence-electron chi connectivity index (χ3n) is 2.73. The molecule has 0 fully saturated rings. The number of hydrogen-bond acceptors (Lipinski definition) is 3. The maximum Gasteiger partial charge on any atom is 0.240 e. The van der Waals surface area contributed by atoms with Crippen LogP contribution in [-0.4, -0.2) is 28.2 Å². The van der Waals surface area contributed by atoms with Gasteiger partial charge in [0.2, 0.25) is 5.91 Å². The van der Waals surface area contributed by atoms with Crippen molar-refractivity contribution in [2.75, 3.05) is 0 Å². The molecule has 2 atom stereocenters. The fraction of sp³-hybridized carbons (Fsp3) is 0.900. The molecule has 0 spiro atoms. The number of aliphatic hydroxyl groups excluding tert-OH is 1. The van der Waals surface area contributed by atoms with Crippen molar-refractivity contribution in [1.29, 1.82) is 0 Å². The van der Waals surface area contributed by atoms with E-state index in [1.165, 1.54) is 0 Å². The summed E-state index contributed by atoms with van der Waals surface area (Å²) in [5, 5.41) is 12.1. The van der Waals surface area contributed by atoms with Crippen molar-refractivity contribution in [3.63, 3.8) is 0 Å². The Morgan fingerprint density at radius 1 is 1.50 bits per heavy atom. The molecule has 0 aromatic heterocycles. The second-order valence-electron chi connectivity index (χ2n) is 4.62. The molecule has 4 heteroatoms. The molecule has 0 aliphatic heterocycles. The Bertz CT molecular complexity index is 210. The van der Waals surface area contributed by atoms with Crippen molar-refractivity contribution < 1.29 is 9.90 Å². The molecule has 4 nitrogen and oxygen atoms in total. The van der Waals surface area contributed by atoms with Gasteiger partial charge in [0, 0.05) is 0 Å². The first kappa shape index (κ1) is 13.4. The van der Waals surface area contributed by atoms with Crippen LogP contribution in [0.2, 0.25) is 0 Å². The second kappa shape index (κ2) is 4.28. The van der Waals surface area contributed by atoms with Crippen molar-refractivity contribution >= 4 is 5.91 Å². The van der Waals surface area contributed by atoms with Gasteiger partial charge in [0.15, 0.2) is 0 Å². The van der Waals surface area contributed by atoms with Crippen LogP contribution in [-0.2, 0) is 4.79 Å². The molecule has 0 aromatic carbocycles. The molecular weight excluding hydrogens is 180 g/mol. The van der Waals surface area contributed by atoms with Crippen molar-refractivity contribution in [1.82, 2.24) is 5.32 Å². The predicted octanol–water partition coefficient (Wildman–Crippen LogP) is 0.389. The van der Waals surface area contributed by atoms with Gasteiger partial charge in [-0.25, -0.2) is 0 Å². The summed E-state index contributed by atoms with van der Waals surface area (Å²) < 4.78 is 0. The van der Waals surface area contributed by atoms with E-state index in [0.717, 1.165) is 0 Å². The van der Waals surface area contributed by atoms with E-state index < -0.39 is 17.2 Å². The van der Waals surface area contributed by atoms with Gasteiger partial charge in [0.05, 0.1) is 17.2 Å². The van der Waals surface area contributed by atoms with Crippen molar-refractivity contribution in [3.8, 4) is 0 Å². The van der Waals surface area contributed by atoms with Gasteiger partial charge in [0.1, 0.15) is 0 Å². The van der Waals surface area contributed by atoms with Crippen LogP contribution < -0.4 is 11.1 Å². The number of carbonyl (C=O) groups excluding carboxylic acids is 1. The molecule has 0 bridgehead atoms. The number of amides is 1. The fourth-order valence-electron chi connectivity index (χ4n) is 0.700. The molecular formula is C10H22N2O2. The number of hydrogen-bond donors (Lipinski definition) is 3. The van der Waals surface area contributed by atoms with Gasteiger partial charge < -0.3 is 16.2 Å². The topological polar surface area (TPSA) is 75.4 Å². The average Bonchev–Trinajstić information content (AvgIpc) is 2.03. The van der Waals surface area contributed by atoms with E-state index in [1.807, 2.05) is 6.92 Å². The van der Waals surface area contributed by atoms with E-state index in [9.17, 15) is 9.90 Å². The molecule has 4 N–H and O–H groups in total. The van der Waals surface area contributed by atoms with Crippen molar-refractivity contribution in [2.24, 2.45) is 5.73 Å². The Morgan fingerprint density at radius 2 is 1.93 bits per heavy atom. The van der Waals surface area contributed by atoms with E-state index in [1.54, 1.807) is 27.7 Å². The van der Waals surface area contributed by atoms with E-state index in [-0.39, 0.29) is 5.91 Å². The fourth-order valence-corrected chi connectivity index (χ4v) is 0.700. The Morgan fingerprint density at radius 3 is 2.21 bits per heavy atom. The molecule has 84 valence electrons. The smallest absolute Gasteiger partial charge is 0.240 e. The van der Waals surface area contributed by atoms with Crippen molar-refractivity contribution in [2.45, 2.75) is 58.2 Å². The zero-order valence-electron chi connectivity index (χ0n) is 9.72. The van der Waals surface area contributed by atoms with Crippen LogP contribution in [0, 0.1) is 0 Å². The minimum Gasteiger partial charge on any atom is -0.391 e. The minimum atomic E-state index is -0.869. The monoisotopic (exact) mass is 202 g/mol. The Hall–Kier alpha value is -0.610. The Balaban J connectivity index is 4.48. The average molecular weight is 202 g/mol. The summed E-state index contributed by atoms with van der Waals surface area (Å²) in [7, 11) is 0. The lowest BCUT2D eigenvalue weighted by molar-refractivity contribution is -0.128. The largest absolute Gasteiger partial charge is 0.391 e. The third kappa shape index (κ3) is 3.27. The van der Waals surface area contributed by atoms with Gasteiger partial charge in [-0.2, -0.15) is 0 Å². The maximum absolute atomic E-state index is 11.7. The van der Waals surface area contributed by atoms with Crippen LogP contribution >= 0.6 is 0 Å². The second-order valence-corrected chi connectivity index (χ2v) is 4.62. The van der Waals surface area contributed by atoms with E-state index >= 15 is 0 Å². The predicted molar refractivity (Wildman–Crippen MR) is 56.8 cm³/mol. The van der Waals surface area contributed by atoms with Gasteiger partial charge in [-0.3, -0.25) is 4.79 Å². The van der Waals surface area contributed by atoms with Crippen LogP contribution in [0.3, 0.4) is 0 Å². The lowest BCUT2D eigenvalue weighted by Gasteiger charge is -2.33. The summed E-state index contributed by atoms with van der Waals surface area (Å²) in [6.45, 7) is 8.71.